The molecular weight excluding hydrogens is 312 g/mol. The van der Waals surface area contributed by atoms with Gasteiger partial charge in [0, 0.05) is 16.3 Å². The first-order valence-corrected chi connectivity index (χ1v) is 8.13. The summed E-state index contributed by atoms with van der Waals surface area (Å²) in [6, 6.07) is 12.9. The van der Waals surface area contributed by atoms with Crippen molar-refractivity contribution in [2.24, 2.45) is 0 Å². The summed E-state index contributed by atoms with van der Waals surface area (Å²) in [5, 5.41) is 0. The van der Waals surface area contributed by atoms with Gasteiger partial charge in [-0.2, -0.15) is 0 Å². The van der Waals surface area contributed by atoms with Crippen LogP contribution in [-0.2, 0) is 9.84 Å². The fourth-order valence-electron chi connectivity index (χ4n) is 1.94. The van der Waals surface area contributed by atoms with Gasteiger partial charge in [0.1, 0.15) is 0 Å². The lowest BCUT2D eigenvalue weighted by atomic mass is 10.0. The highest BCUT2D eigenvalue weighted by Crippen LogP contribution is 2.31. The molecule has 0 N–H and O–H groups in total. The van der Waals surface area contributed by atoms with Crippen LogP contribution in [0.3, 0.4) is 0 Å². The third-order valence-corrected chi connectivity index (χ3v) is 4.41. The second-order valence-corrected chi connectivity index (χ2v) is 7.13. The van der Waals surface area contributed by atoms with Crippen molar-refractivity contribution in [2.75, 3.05) is 6.26 Å². The second kappa shape index (κ2) is 4.86. The summed E-state index contributed by atoms with van der Waals surface area (Å²) in [4.78, 5) is 0.371. The van der Waals surface area contributed by atoms with E-state index >= 15 is 0 Å². The highest BCUT2D eigenvalue weighted by Gasteiger charge is 2.14. The number of rotatable bonds is 2. The fourth-order valence-corrected chi connectivity index (χ4v) is 3.32. The summed E-state index contributed by atoms with van der Waals surface area (Å²) in [6.45, 7) is 1.97. The largest absolute Gasteiger partial charge is 0.224 e. The SMILES string of the molecule is Cc1cc(Br)ccc1-c1ccccc1S(C)(=O)=O. The molecule has 2 rings (SSSR count). The van der Waals surface area contributed by atoms with E-state index in [4.69, 9.17) is 0 Å². The van der Waals surface area contributed by atoms with E-state index in [-0.39, 0.29) is 0 Å². The third-order valence-electron chi connectivity index (χ3n) is 2.77. The maximum absolute atomic E-state index is 11.8. The Morgan fingerprint density at radius 2 is 1.67 bits per heavy atom. The number of hydrogen-bond donors (Lipinski definition) is 0. The quantitative estimate of drug-likeness (QED) is 0.841. The van der Waals surface area contributed by atoms with E-state index < -0.39 is 9.84 Å². The molecule has 0 saturated carbocycles. The lowest BCUT2D eigenvalue weighted by Crippen LogP contribution is -2.00. The Labute approximate surface area is 116 Å². The zero-order chi connectivity index (χ0) is 13.3. The first-order chi connectivity index (χ1) is 8.39. The van der Waals surface area contributed by atoms with Gasteiger partial charge in [0.2, 0.25) is 0 Å². The van der Waals surface area contributed by atoms with E-state index in [2.05, 4.69) is 15.9 Å². The van der Waals surface area contributed by atoms with Crippen LogP contribution in [0, 0.1) is 6.92 Å². The topological polar surface area (TPSA) is 34.1 Å². The molecule has 0 radical (unpaired) electrons. The van der Waals surface area contributed by atoms with Crippen LogP contribution in [0.5, 0.6) is 0 Å². The van der Waals surface area contributed by atoms with E-state index in [1.807, 2.05) is 37.3 Å². The van der Waals surface area contributed by atoms with Gasteiger partial charge >= 0.3 is 0 Å². The molecule has 0 atom stereocenters. The molecule has 0 aromatic heterocycles. The van der Waals surface area contributed by atoms with Crippen molar-refractivity contribution in [3.63, 3.8) is 0 Å². The van der Waals surface area contributed by atoms with Crippen LogP contribution in [-0.4, -0.2) is 14.7 Å². The normalized spacial score (nSPS) is 11.5. The molecule has 0 unspecified atom stereocenters. The van der Waals surface area contributed by atoms with Gasteiger partial charge in [-0.25, -0.2) is 8.42 Å². The van der Waals surface area contributed by atoms with Gasteiger partial charge in [-0.1, -0.05) is 40.2 Å². The van der Waals surface area contributed by atoms with E-state index in [1.165, 1.54) is 6.26 Å². The molecule has 4 heteroatoms. The van der Waals surface area contributed by atoms with E-state index in [9.17, 15) is 8.42 Å². The summed E-state index contributed by atoms with van der Waals surface area (Å²) < 4.78 is 24.6. The summed E-state index contributed by atoms with van der Waals surface area (Å²) in [7, 11) is -3.22. The zero-order valence-corrected chi connectivity index (χ0v) is 12.5. The van der Waals surface area contributed by atoms with Crippen LogP contribution in [0.1, 0.15) is 5.56 Å². The first kappa shape index (κ1) is 13.3. The molecular formula is C14H13BrO2S. The third kappa shape index (κ3) is 2.65. The molecule has 0 aliphatic carbocycles. The number of halogens is 1. The minimum Gasteiger partial charge on any atom is -0.224 e. The Morgan fingerprint density at radius 1 is 1.00 bits per heavy atom. The van der Waals surface area contributed by atoms with Crippen LogP contribution in [0.4, 0.5) is 0 Å². The Morgan fingerprint density at radius 3 is 2.28 bits per heavy atom. The maximum Gasteiger partial charge on any atom is 0.176 e. The van der Waals surface area contributed by atoms with Gasteiger partial charge in [-0.15, -0.1) is 0 Å². The monoisotopic (exact) mass is 324 g/mol. The predicted octanol–water partition coefficient (Wildman–Crippen LogP) is 3.83. The molecule has 0 amide bonds. The van der Waals surface area contributed by atoms with Crippen LogP contribution in [0.25, 0.3) is 11.1 Å². The molecule has 0 spiro atoms. The average Bonchev–Trinajstić information content (AvgIpc) is 2.28. The van der Waals surface area contributed by atoms with Crippen molar-refractivity contribution in [1.82, 2.24) is 0 Å². The highest BCUT2D eigenvalue weighted by molar-refractivity contribution is 9.10. The molecule has 2 nitrogen and oxygen atoms in total. The van der Waals surface area contributed by atoms with Crippen molar-refractivity contribution in [3.8, 4) is 11.1 Å². The molecule has 2 aromatic carbocycles. The zero-order valence-electron chi connectivity index (χ0n) is 10.1. The maximum atomic E-state index is 11.8. The Kier molecular flexibility index (Phi) is 3.59. The minimum atomic E-state index is -3.22. The van der Waals surface area contributed by atoms with Crippen LogP contribution in [0.15, 0.2) is 51.8 Å². The number of aryl methyl sites for hydroxylation is 1. The summed E-state index contributed by atoms with van der Waals surface area (Å²) in [6.07, 6.45) is 1.24. The molecule has 0 aliphatic heterocycles. The predicted molar refractivity (Wildman–Crippen MR) is 77.4 cm³/mol. The van der Waals surface area contributed by atoms with Crippen molar-refractivity contribution >= 4 is 25.8 Å². The Hall–Kier alpha value is -1.13. The van der Waals surface area contributed by atoms with Crippen molar-refractivity contribution in [2.45, 2.75) is 11.8 Å². The second-order valence-electron chi connectivity index (χ2n) is 4.23. The van der Waals surface area contributed by atoms with Gasteiger partial charge in [0.25, 0.3) is 0 Å². The Bertz CT molecular complexity index is 691. The van der Waals surface area contributed by atoms with E-state index in [0.29, 0.717) is 4.90 Å². The van der Waals surface area contributed by atoms with Gasteiger partial charge in [0.15, 0.2) is 9.84 Å². The lowest BCUT2D eigenvalue weighted by Gasteiger charge is -2.11. The molecule has 94 valence electrons. The first-order valence-electron chi connectivity index (χ1n) is 5.45. The number of hydrogen-bond acceptors (Lipinski definition) is 2. The molecule has 0 aliphatic rings. The van der Waals surface area contributed by atoms with Crippen molar-refractivity contribution in [1.29, 1.82) is 0 Å². The minimum absolute atomic E-state index is 0.371. The molecule has 0 fully saturated rings. The highest BCUT2D eigenvalue weighted by atomic mass is 79.9. The summed E-state index contributed by atoms with van der Waals surface area (Å²) in [5.41, 5.74) is 2.74. The van der Waals surface area contributed by atoms with Crippen molar-refractivity contribution in [3.05, 3.63) is 52.5 Å². The summed E-state index contributed by atoms with van der Waals surface area (Å²) >= 11 is 3.41. The van der Waals surface area contributed by atoms with Crippen molar-refractivity contribution < 1.29 is 8.42 Å². The summed E-state index contributed by atoms with van der Waals surface area (Å²) in [5.74, 6) is 0. The molecule has 0 bridgehead atoms. The lowest BCUT2D eigenvalue weighted by molar-refractivity contribution is 0.602. The van der Waals surface area contributed by atoms with Gasteiger partial charge in [-0.05, 0) is 36.2 Å². The molecule has 0 saturated heterocycles. The van der Waals surface area contributed by atoms with Gasteiger partial charge in [0.05, 0.1) is 4.90 Å². The fraction of sp³-hybridized carbons (Fsp3) is 0.143. The van der Waals surface area contributed by atoms with E-state index in [0.717, 1.165) is 21.2 Å². The smallest absolute Gasteiger partial charge is 0.176 e. The van der Waals surface area contributed by atoms with Gasteiger partial charge < -0.3 is 0 Å². The van der Waals surface area contributed by atoms with Gasteiger partial charge in [-0.3, -0.25) is 0 Å². The van der Waals surface area contributed by atoms with Crippen LogP contribution < -0.4 is 0 Å². The molecule has 2 aromatic rings. The standard InChI is InChI=1S/C14H13BrO2S/c1-10-9-11(15)7-8-12(10)13-5-3-4-6-14(13)18(2,16)17/h3-9H,1-2H3. The van der Waals surface area contributed by atoms with Crippen LogP contribution in [0.2, 0.25) is 0 Å². The van der Waals surface area contributed by atoms with Crippen LogP contribution >= 0.6 is 15.9 Å². The average molecular weight is 325 g/mol. The Balaban J connectivity index is 2.72. The number of benzene rings is 2. The number of sulfone groups is 1. The molecule has 18 heavy (non-hydrogen) atoms. The van der Waals surface area contributed by atoms with E-state index in [1.54, 1.807) is 12.1 Å². The molecule has 0 heterocycles.